The summed E-state index contributed by atoms with van der Waals surface area (Å²) < 4.78 is 51.2. The van der Waals surface area contributed by atoms with Gasteiger partial charge >= 0.3 is 10.1 Å². The van der Waals surface area contributed by atoms with Gasteiger partial charge in [-0.15, -0.1) is 0 Å². The Morgan fingerprint density at radius 2 is 1.43 bits per heavy atom. The van der Waals surface area contributed by atoms with E-state index in [-0.39, 0.29) is 23.9 Å². The van der Waals surface area contributed by atoms with Gasteiger partial charge in [0.1, 0.15) is 17.3 Å². The number of benzene rings is 2. The van der Waals surface area contributed by atoms with Crippen LogP contribution in [0.4, 0.5) is 0 Å². The van der Waals surface area contributed by atoms with Crippen LogP contribution in [-0.4, -0.2) is 54.7 Å². The molecule has 0 N–H and O–H groups in total. The maximum Gasteiger partial charge on any atom is 0.300 e. The Bertz CT molecular complexity index is 838. The van der Waals surface area contributed by atoms with Gasteiger partial charge in [-0.2, -0.15) is 8.42 Å². The van der Waals surface area contributed by atoms with E-state index in [0.717, 1.165) is 11.1 Å². The van der Waals surface area contributed by atoms with Crippen molar-refractivity contribution in [3.05, 3.63) is 59.7 Å². The Labute approximate surface area is 179 Å². The minimum absolute atomic E-state index is 0.0220. The molecular formula is C22H30O7S. The molecule has 0 saturated heterocycles. The summed E-state index contributed by atoms with van der Waals surface area (Å²) in [6.07, 6.45) is 0. The van der Waals surface area contributed by atoms with E-state index in [0.29, 0.717) is 39.6 Å². The summed E-state index contributed by atoms with van der Waals surface area (Å²) >= 11 is 0. The molecule has 0 unspecified atom stereocenters. The maximum atomic E-state index is 12.2. The second-order valence-corrected chi connectivity index (χ2v) is 8.01. The number of hydrogen-bond donors (Lipinski definition) is 0. The van der Waals surface area contributed by atoms with Crippen LogP contribution >= 0.6 is 0 Å². The average molecular weight is 439 g/mol. The molecule has 0 radical (unpaired) electrons. The third kappa shape index (κ3) is 8.81. The van der Waals surface area contributed by atoms with Crippen LogP contribution in [0.2, 0.25) is 0 Å². The van der Waals surface area contributed by atoms with Crippen LogP contribution < -0.4 is 4.74 Å². The Balaban J connectivity index is 1.57. The lowest BCUT2D eigenvalue weighted by atomic mass is 10.2. The topological polar surface area (TPSA) is 80.3 Å². The van der Waals surface area contributed by atoms with Crippen molar-refractivity contribution >= 4 is 10.1 Å². The van der Waals surface area contributed by atoms with Gasteiger partial charge in [-0.05, 0) is 37.1 Å². The zero-order chi connectivity index (χ0) is 21.7. The van der Waals surface area contributed by atoms with Gasteiger partial charge in [0.05, 0.1) is 46.2 Å². The average Bonchev–Trinajstić information content (AvgIpc) is 2.72. The first kappa shape index (κ1) is 24.3. The van der Waals surface area contributed by atoms with E-state index in [1.165, 1.54) is 6.07 Å². The minimum Gasteiger partial charge on any atom is -0.490 e. The normalized spacial score (nSPS) is 11.5. The molecule has 30 heavy (non-hydrogen) atoms. The van der Waals surface area contributed by atoms with E-state index in [1.807, 2.05) is 37.3 Å². The van der Waals surface area contributed by atoms with Crippen LogP contribution in [0, 0.1) is 6.92 Å². The highest BCUT2D eigenvalue weighted by molar-refractivity contribution is 7.86. The molecule has 0 fully saturated rings. The predicted octanol–water partition coefficient (Wildman–Crippen LogP) is 3.35. The van der Waals surface area contributed by atoms with Crippen molar-refractivity contribution in [3.8, 4) is 5.75 Å². The van der Waals surface area contributed by atoms with Crippen molar-refractivity contribution in [1.29, 1.82) is 0 Å². The smallest absolute Gasteiger partial charge is 0.300 e. The Kier molecular flexibility index (Phi) is 10.8. The molecule has 0 aliphatic heterocycles. The minimum atomic E-state index is -3.84. The molecular weight excluding hydrogens is 408 g/mol. The fraction of sp³-hybridized carbons (Fsp3) is 0.455. The quantitative estimate of drug-likeness (QED) is 0.312. The molecule has 8 heteroatoms. The van der Waals surface area contributed by atoms with Gasteiger partial charge < -0.3 is 18.9 Å². The molecule has 0 aliphatic rings. The highest BCUT2D eigenvalue weighted by atomic mass is 32.2. The molecule has 0 atom stereocenters. The number of rotatable bonds is 15. The van der Waals surface area contributed by atoms with Crippen molar-refractivity contribution in [2.45, 2.75) is 25.3 Å². The SMILES string of the molecule is CCOS(=O)(=O)c1ccc(C)cc1OCCOCCOCCOCc1ccccc1. The van der Waals surface area contributed by atoms with Gasteiger partial charge in [0.15, 0.2) is 0 Å². The predicted molar refractivity (Wildman–Crippen MR) is 113 cm³/mol. The number of hydrogen-bond acceptors (Lipinski definition) is 7. The van der Waals surface area contributed by atoms with E-state index >= 15 is 0 Å². The van der Waals surface area contributed by atoms with Crippen LogP contribution in [0.25, 0.3) is 0 Å². The Hall–Kier alpha value is -1.97. The summed E-state index contributed by atoms with van der Waals surface area (Å²) in [5.41, 5.74) is 2.02. The summed E-state index contributed by atoms with van der Waals surface area (Å²) in [7, 11) is -3.84. The largest absolute Gasteiger partial charge is 0.490 e. The first-order chi connectivity index (χ1) is 14.5. The van der Waals surface area contributed by atoms with Gasteiger partial charge in [0.2, 0.25) is 0 Å². The van der Waals surface area contributed by atoms with Crippen LogP contribution in [0.3, 0.4) is 0 Å². The molecule has 2 aromatic carbocycles. The van der Waals surface area contributed by atoms with Gasteiger partial charge in [-0.1, -0.05) is 36.4 Å². The Morgan fingerprint density at radius 3 is 2.10 bits per heavy atom. The third-order valence-electron chi connectivity index (χ3n) is 3.98. The monoisotopic (exact) mass is 438 g/mol. The molecule has 2 aromatic rings. The van der Waals surface area contributed by atoms with Crippen LogP contribution in [0.15, 0.2) is 53.4 Å². The summed E-state index contributed by atoms with van der Waals surface area (Å²) in [4.78, 5) is 0.0220. The van der Waals surface area contributed by atoms with E-state index < -0.39 is 10.1 Å². The zero-order valence-corrected chi connectivity index (χ0v) is 18.4. The summed E-state index contributed by atoms with van der Waals surface area (Å²) in [6, 6.07) is 14.8. The fourth-order valence-electron chi connectivity index (χ4n) is 2.57. The molecule has 0 heterocycles. The first-order valence-electron chi connectivity index (χ1n) is 9.93. The fourth-order valence-corrected chi connectivity index (χ4v) is 3.60. The molecule has 0 aromatic heterocycles. The van der Waals surface area contributed by atoms with Crippen LogP contribution in [0.5, 0.6) is 5.75 Å². The van der Waals surface area contributed by atoms with Gasteiger partial charge in [-0.25, -0.2) is 0 Å². The third-order valence-corrected chi connectivity index (χ3v) is 5.40. The summed E-state index contributed by atoms with van der Waals surface area (Å²) in [5.74, 6) is 0.263. The second-order valence-electron chi connectivity index (χ2n) is 6.42. The molecule has 0 bridgehead atoms. The van der Waals surface area contributed by atoms with Gasteiger partial charge in [0.25, 0.3) is 0 Å². The lowest BCUT2D eigenvalue weighted by molar-refractivity contribution is 0.00582. The second kappa shape index (κ2) is 13.4. The molecule has 166 valence electrons. The summed E-state index contributed by atoms with van der Waals surface area (Å²) in [5, 5.41) is 0. The number of ether oxygens (including phenoxy) is 4. The van der Waals surface area contributed by atoms with Gasteiger partial charge in [-0.3, -0.25) is 4.18 Å². The van der Waals surface area contributed by atoms with E-state index in [9.17, 15) is 8.42 Å². The van der Waals surface area contributed by atoms with Crippen molar-refractivity contribution in [2.75, 3.05) is 46.2 Å². The van der Waals surface area contributed by atoms with Crippen molar-refractivity contribution < 1.29 is 31.5 Å². The van der Waals surface area contributed by atoms with Crippen molar-refractivity contribution in [1.82, 2.24) is 0 Å². The molecule has 0 amide bonds. The first-order valence-corrected chi connectivity index (χ1v) is 11.3. The lowest BCUT2D eigenvalue weighted by Crippen LogP contribution is -2.14. The van der Waals surface area contributed by atoms with E-state index in [2.05, 4.69) is 0 Å². The van der Waals surface area contributed by atoms with E-state index in [4.69, 9.17) is 23.1 Å². The van der Waals surface area contributed by atoms with Crippen molar-refractivity contribution in [3.63, 3.8) is 0 Å². The van der Waals surface area contributed by atoms with Crippen molar-refractivity contribution in [2.24, 2.45) is 0 Å². The zero-order valence-electron chi connectivity index (χ0n) is 17.5. The number of aryl methyl sites for hydroxylation is 1. The van der Waals surface area contributed by atoms with Crippen LogP contribution in [-0.2, 0) is 35.1 Å². The molecule has 0 saturated carbocycles. The maximum absolute atomic E-state index is 12.2. The van der Waals surface area contributed by atoms with Gasteiger partial charge in [0, 0.05) is 0 Å². The van der Waals surface area contributed by atoms with E-state index in [1.54, 1.807) is 19.1 Å². The highest BCUT2D eigenvalue weighted by Crippen LogP contribution is 2.26. The lowest BCUT2D eigenvalue weighted by Gasteiger charge is -2.13. The molecule has 0 aliphatic carbocycles. The molecule has 2 rings (SSSR count). The molecule has 0 spiro atoms. The van der Waals surface area contributed by atoms with Crippen LogP contribution in [0.1, 0.15) is 18.1 Å². The standard InChI is InChI=1S/C22H30O7S/c1-3-29-30(23,24)22-10-9-19(2)17-21(22)28-16-15-26-12-11-25-13-14-27-18-20-7-5-4-6-8-20/h4-10,17H,3,11-16,18H2,1-2H3. The summed E-state index contributed by atoms with van der Waals surface area (Å²) in [6.45, 7) is 6.53. The Morgan fingerprint density at radius 1 is 0.800 bits per heavy atom. The highest BCUT2D eigenvalue weighted by Gasteiger charge is 2.20. The molecule has 7 nitrogen and oxygen atoms in total.